The first kappa shape index (κ1) is 23.5. The number of hydrogen-bond acceptors (Lipinski definition) is 7. The molecule has 1 saturated heterocycles. The first-order valence-corrected chi connectivity index (χ1v) is 12.1. The Labute approximate surface area is 198 Å². The second-order valence-corrected chi connectivity index (χ2v) is 9.23. The summed E-state index contributed by atoms with van der Waals surface area (Å²) in [7, 11) is 4.85. The summed E-state index contributed by atoms with van der Waals surface area (Å²) < 4.78 is 16.3. The number of nitrogens with zero attached hydrogens (tertiary/aromatic N) is 2. The van der Waals surface area contributed by atoms with Crippen LogP contribution in [0.4, 0.5) is 0 Å². The standard InChI is InChI=1S/C24H31N3O5S/c1-26-22(20-6-4-13-33-20)21(23(28)25-7-5-8-27-9-11-32-12-10-27)16-14-18(30-2)19(31-3)15-17(16)24(26)29/h4,6,13-15,21-22H,5,7-12H2,1-3H3,(H,25,28). The zero-order valence-electron chi connectivity index (χ0n) is 19.3. The van der Waals surface area contributed by atoms with Crippen molar-refractivity contribution >= 4 is 23.2 Å². The van der Waals surface area contributed by atoms with Crippen LogP contribution in [0.5, 0.6) is 11.5 Å². The van der Waals surface area contributed by atoms with E-state index in [1.54, 1.807) is 42.5 Å². The average molecular weight is 474 g/mol. The first-order valence-electron chi connectivity index (χ1n) is 11.2. The van der Waals surface area contributed by atoms with Gasteiger partial charge in [-0.25, -0.2) is 0 Å². The van der Waals surface area contributed by atoms with Gasteiger partial charge in [0.05, 0.1) is 39.4 Å². The van der Waals surface area contributed by atoms with Gasteiger partial charge in [-0.3, -0.25) is 14.5 Å². The summed E-state index contributed by atoms with van der Waals surface area (Å²) in [5, 5.41) is 5.09. The molecule has 4 rings (SSSR count). The zero-order chi connectivity index (χ0) is 23.4. The Bertz CT molecular complexity index is 975. The van der Waals surface area contributed by atoms with E-state index in [1.807, 2.05) is 17.5 Å². The third-order valence-corrected chi connectivity index (χ3v) is 7.29. The van der Waals surface area contributed by atoms with E-state index >= 15 is 0 Å². The van der Waals surface area contributed by atoms with Gasteiger partial charge in [-0.15, -0.1) is 11.3 Å². The largest absolute Gasteiger partial charge is 0.493 e. The third kappa shape index (κ3) is 4.85. The monoisotopic (exact) mass is 473 g/mol. The van der Waals surface area contributed by atoms with E-state index in [-0.39, 0.29) is 17.9 Å². The van der Waals surface area contributed by atoms with Gasteiger partial charge in [0.2, 0.25) is 5.91 Å². The van der Waals surface area contributed by atoms with Gasteiger partial charge in [0.1, 0.15) is 0 Å². The minimum Gasteiger partial charge on any atom is -0.493 e. The van der Waals surface area contributed by atoms with Crippen LogP contribution >= 0.6 is 11.3 Å². The van der Waals surface area contributed by atoms with Gasteiger partial charge in [0.25, 0.3) is 5.91 Å². The molecular formula is C24H31N3O5S. The van der Waals surface area contributed by atoms with E-state index in [1.165, 1.54) is 7.11 Å². The van der Waals surface area contributed by atoms with Crippen molar-refractivity contribution in [2.45, 2.75) is 18.4 Å². The Morgan fingerprint density at radius 3 is 2.61 bits per heavy atom. The molecule has 0 spiro atoms. The molecule has 2 aliphatic rings. The van der Waals surface area contributed by atoms with E-state index in [0.717, 1.165) is 44.1 Å². The number of carbonyl (C=O) groups excluding carboxylic acids is 2. The zero-order valence-corrected chi connectivity index (χ0v) is 20.2. The molecule has 2 amide bonds. The number of thiophene rings is 1. The lowest BCUT2D eigenvalue weighted by Crippen LogP contribution is -2.46. The summed E-state index contributed by atoms with van der Waals surface area (Å²) in [6, 6.07) is 6.99. The fourth-order valence-corrected chi connectivity index (χ4v) is 5.50. The summed E-state index contributed by atoms with van der Waals surface area (Å²) in [5.74, 6) is 0.189. The van der Waals surface area contributed by atoms with E-state index in [9.17, 15) is 9.59 Å². The summed E-state index contributed by atoms with van der Waals surface area (Å²) >= 11 is 1.55. The topological polar surface area (TPSA) is 80.3 Å². The molecule has 0 bridgehead atoms. The Hall–Kier alpha value is -2.62. The quantitative estimate of drug-likeness (QED) is 0.594. The predicted octanol–water partition coefficient (Wildman–Crippen LogP) is 2.51. The molecule has 0 aliphatic carbocycles. The lowest BCUT2D eigenvalue weighted by Gasteiger charge is -2.39. The molecule has 1 N–H and O–H groups in total. The van der Waals surface area contributed by atoms with Crippen molar-refractivity contribution in [3.05, 3.63) is 45.6 Å². The summed E-state index contributed by atoms with van der Waals surface area (Å²) in [6.07, 6.45) is 0.857. The van der Waals surface area contributed by atoms with Crippen molar-refractivity contribution in [3.8, 4) is 11.5 Å². The molecule has 2 atom stereocenters. The molecule has 1 fully saturated rings. The van der Waals surface area contributed by atoms with Crippen molar-refractivity contribution < 1.29 is 23.8 Å². The molecule has 0 saturated carbocycles. The van der Waals surface area contributed by atoms with Crippen molar-refractivity contribution in [3.63, 3.8) is 0 Å². The minimum atomic E-state index is -0.551. The van der Waals surface area contributed by atoms with Gasteiger partial charge < -0.3 is 24.4 Å². The number of rotatable bonds is 8. The minimum absolute atomic E-state index is 0.0943. The molecule has 2 aromatic rings. The number of benzene rings is 1. The molecule has 178 valence electrons. The number of amides is 2. The molecule has 2 aliphatic heterocycles. The molecular weight excluding hydrogens is 442 g/mol. The highest BCUT2D eigenvalue weighted by Crippen LogP contribution is 2.46. The number of carbonyl (C=O) groups is 2. The number of morpholine rings is 1. The van der Waals surface area contributed by atoms with Gasteiger partial charge in [-0.2, -0.15) is 0 Å². The maximum atomic E-state index is 13.6. The predicted molar refractivity (Wildman–Crippen MR) is 126 cm³/mol. The van der Waals surface area contributed by atoms with Crippen molar-refractivity contribution in [1.82, 2.24) is 15.1 Å². The van der Waals surface area contributed by atoms with Crippen LogP contribution in [0.25, 0.3) is 0 Å². The van der Waals surface area contributed by atoms with Gasteiger partial charge in [0, 0.05) is 37.1 Å². The number of ether oxygens (including phenoxy) is 3. The van der Waals surface area contributed by atoms with Crippen LogP contribution < -0.4 is 14.8 Å². The van der Waals surface area contributed by atoms with Crippen LogP contribution in [-0.2, 0) is 9.53 Å². The Balaban J connectivity index is 1.60. The Morgan fingerprint density at radius 1 is 1.21 bits per heavy atom. The van der Waals surface area contributed by atoms with E-state index in [0.29, 0.717) is 29.2 Å². The number of methoxy groups -OCH3 is 2. The smallest absolute Gasteiger partial charge is 0.254 e. The van der Waals surface area contributed by atoms with E-state index in [2.05, 4.69) is 10.2 Å². The number of nitrogens with one attached hydrogen (secondary N) is 1. The highest BCUT2D eigenvalue weighted by atomic mass is 32.1. The van der Waals surface area contributed by atoms with Gasteiger partial charge >= 0.3 is 0 Å². The molecule has 8 nitrogen and oxygen atoms in total. The van der Waals surface area contributed by atoms with Gasteiger partial charge in [0.15, 0.2) is 11.5 Å². The Morgan fingerprint density at radius 2 is 1.94 bits per heavy atom. The second-order valence-electron chi connectivity index (χ2n) is 8.25. The number of fused-ring (bicyclic) bond motifs is 1. The van der Waals surface area contributed by atoms with Crippen molar-refractivity contribution in [1.29, 1.82) is 0 Å². The normalized spacial score (nSPS) is 20.9. The van der Waals surface area contributed by atoms with Crippen LogP contribution in [0.3, 0.4) is 0 Å². The molecule has 1 aromatic carbocycles. The highest BCUT2D eigenvalue weighted by molar-refractivity contribution is 7.10. The average Bonchev–Trinajstić information content (AvgIpc) is 3.38. The number of hydrogen-bond donors (Lipinski definition) is 1. The lowest BCUT2D eigenvalue weighted by molar-refractivity contribution is -0.124. The Kier molecular flexibility index (Phi) is 7.52. The summed E-state index contributed by atoms with van der Waals surface area (Å²) in [4.78, 5) is 31.8. The van der Waals surface area contributed by atoms with Crippen LogP contribution in [0.15, 0.2) is 29.6 Å². The summed E-state index contributed by atoms with van der Waals surface area (Å²) in [5.41, 5.74) is 1.14. The molecule has 33 heavy (non-hydrogen) atoms. The van der Waals surface area contributed by atoms with Gasteiger partial charge in [-0.1, -0.05) is 6.07 Å². The fraction of sp³-hybridized carbons (Fsp3) is 0.500. The fourth-order valence-electron chi connectivity index (χ4n) is 4.60. The highest BCUT2D eigenvalue weighted by Gasteiger charge is 2.44. The van der Waals surface area contributed by atoms with Crippen LogP contribution in [0.2, 0.25) is 0 Å². The van der Waals surface area contributed by atoms with Crippen molar-refractivity contribution in [2.75, 3.05) is 60.7 Å². The molecule has 3 heterocycles. The second kappa shape index (κ2) is 10.5. The maximum absolute atomic E-state index is 13.6. The van der Waals surface area contributed by atoms with Crippen LogP contribution in [-0.4, -0.2) is 82.3 Å². The SMILES string of the molecule is COc1cc2c(cc1OC)C(C(=O)NCCCN1CCOCC1)C(c1cccs1)N(C)C2=O. The molecule has 2 unspecified atom stereocenters. The third-order valence-electron chi connectivity index (χ3n) is 6.35. The van der Waals surface area contributed by atoms with Gasteiger partial charge in [-0.05, 0) is 42.1 Å². The van der Waals surface area contributed by atoms with E-state index < -0.39 is 5.92 Å². The maximum Gasteiger partial charge on any atom is 0.254 e. The molecule has 0 radical (unpaired) electrons. The van der Waals surface area contributed by atoms with Crippen molar-refractivity contribution in [2.24, 2.45) is 0 Å². The number of likely N-dealkylation sites (N-methyl/N-ethyl adjacent to an activating group) is 1. The first-order chi connectivity index (χ1) is 16.0. The van der Waals surface area contributed by atoms with Crippen LogP contribution in [0.1, 0.15) is 39.2 Å². The van der Waals surface area contributed by atoms with Crippen LogP contribution in [0, 0.1) is 0 Å². The van der Waals surface area contributed by atoms with E-state index in [4.69, 9.17) is 14.2 Å². The lowest BCUT2D eigenvalue weighted by atomic mass is 9.81. The molecule has 9 heteroatoms. The molecule has 1 aromatic heterocycles. The summed E-state index contributed by atoms with van der Waals surface area (Å²) in [6.45, 7) is 4.88.